The number of benzene rings is 1. The Kier molecular flexibility index (Phi) is 2.63. The van der Waals surface area contributed by atoms with Gasteiger partial charge in [0.25, 0.3) is 0 Å². The number of pyridine rings is 1. The minimum absolute atomic E-state index is 0.158. The summed E-state index contributed by atoms with van der Waals surface area (Å²) in [5.41, 5.74) is 1.82. The molecule has 0 bridgehead atoms. The Labute approximate surface area is 123 Å². The van der Waals surface area contributed by atoms with E-state index in [4.69, 9.17) is 4.74 Å². The van der Waals surface area contributed by atoms with Gasteiger partial charge in [0.15, 0.2) is 17.6 Å². The fraction of sp³-hybridized carbons (Fsp3) is 0.143. The molecule has 6 heteroatoms. The summed E-state index contributed by atoms with van der Waals surface area (Å²) in [6.45, 7) is 0.671. The fourth-order valence-electron chi connectivity index (χ4n) is 2.36. The molecule has 1 N–H and O–H groups in total. The van der Waals surface area contributed by atoms with Crippen molar-refractivity contribution in [3.05, 3.63) is 52.9 Å². The van der Waals surface area contributed by atoms with E-state index in [1.165, 1.54) is 0 Å². The fourth-order valence-corrected chi connectivity index (χ4v) is 2.70. The molecule has 1 unspecified atom stereocenters. The van der Waals surface area contributed by atoms with E-state index in [1.54, 1.807) is 0 Å². The van der Waals surface area contributed by atoms with Crippen molar-refractivity contribution in [2.45, 2.75) is 6.10 Å². The lowest BCUT2D eigenvalue weighted by atomic mass is 10.2. The van der Waals surface area contributed by atoms with Gasteiger partial charge in [-0.15, -0.1) is 10.2 Å². The predicted molar refractivity (Wildman–Crippen MR) is 79.0 cm³/mol. The zero-order valence-corrected chi connectivity index (χ0v) is 12.0. The summed E-state index contributed by atoms with van der Waals surface area (Å²) >= 11 is 3.47. The number of ether oxygens (including phenoxy) is 1. The van der Waals surface area contributed by atoms with Gasteiger partial charge in [-0.2, -0.15) is 0 Å². The molecule has 2 aromatic heterocycles. The lowest BCUT2D eigenvalue weighted by Gasteiger charge is -2.26. The molecule has 0 fully saturated rings. The molecule has 1 aliphatic heterocycles. The summed E-state index contributed by atoms with van der Waals surface area (Å²) in [6, 6.07) is 11.8. The summed E-state index contributed by atoms with van der Waals surface area (Å²) in [5.74, 6) is 1.64. The molecule has 3 heterocycles. The Bertz CT molecular complexity index is 786. The number of hydrogen-bond donors (Lipinski definition) is 1. The first kappa shape index (κ1) is 11.7. The smallest absolute Gasteiger partial charge is 0.180 e. The summed E-state index contributed by atoms with van der Waals surface area (Å²) in [5, 5.41) is 11.8. The first-order valence-corrected chi connectivity index (χ1v) is 7.10. The Hall–Kier alpha value is -2.08. The van der Waals surface area contributed by atoms with Gasteiger partial charge in [0.05, 0.1) is 12.2 Å². The number of fused-ring (bicyclic) bond motifs is 2. The predicted octanol–water partition coefficient (Wildman–Crippen LogP) is 3.04. The van der Waals surface area contributed by atoms with Crippen LogP contribution in [0.15, 0.2) is 47.1 Å². The largest absolute Gasteiger partial charge is 0.478 e. The number of rotatable bonds is 1. The molecule has 20 heavy (non-hydrogen) atoms. The maximum absolute atomic E-state index is 6.02. The SMILES string of the molecule is Brc1ccc2nnc(C3CNc4ccccc4O3)n2c1. The summed E-state index contributed by atoms with van der Waals surface area (Å²) in [7, 11) is 0. The van der Waals surface area contributed by atoms with Crippen molar-refractivity contribution in [1.29, 1.82) is 0 Å². The van der Waals surface area contributed by atoms with E-state index < -0.39 is 0 Å². The number of halogens is 1. The van der Waals surface area contributed by atoms with E-state index in [0.29, 0.717) is 6.54 Å². The van der Waals surface area contributed by atoms with Gasteiger partial charge in [-0.3, -0.25) is 4.40 Å². The first-order chi connectivity index (χ1) is 9.81. The van der Waals surface area contributed by atoms with Crippen LogP contribution in [-0.4, -0.2) is 21.1 Å². The molecule has 1 aliphatic rings. The number of nitrogens with one attached hydrogen (secondary N) is 1. The second-order valence-electron chi connectivity index (χ2n) is 4.62. The Morgan fingerprint density at radius 3 is 3.05 bits per heavy atom. The molecule has 0 amide bonds. The van der Waals surface area contributed by atoms with Crippen molar-refractivity contribution in [2.24, 2.45) is 0 Å². The standard InChI is InChI=1S/C14H11BrN4O/c15-9-5-6-13-17-18-14(19(13)8-9)12-7-16-10-3-1-2-4-11(10)20-12/h1-6,8,12,16H,7H2. The number of nitrogens with zero attached hydrogens (tertiary/aromatic N) is 3. The highest BCUT2D eigenvalue weighted by Gasteiger charge is 2.25. The third-order valence-corrected chi connectivity index (χ3v) is 3.78. The summed E-state index contributed by atoms with van der Waals surface area (Å²) < 4.78 is 8.95. The van der Waals surface area contributed by atoms with Crippen LogP contribution in [0.2, 0.25) is 0 Å². The van der Waals surface area contributed by atoms with Gasteiger partial charge in [0.1, 0.15) is 5.75 Å². The third-order valence-electron chi connectivity index (χ3n) is 3.31. The van der Waals surface area contributed by atoms with E-state index in [2.05, 4.69) is 31.4 Å². The maximum atomic E-state index is 6.02. The number of hydrogen-bond acceptors (Lipinski definition) is 4. The van der Waals surface area contributed by atoms with Crippen LogP contribution in [-0.2, 0) is 0 Å². The van der Waals surface area contributed by atoms with Crippen molar-refractivity contribution in [3.63, 3.8) is 0 Å². The molecular formula is C14H11BrN4O. The van der Waals surface area contributed by atoms with Crippen LogP contribution in [0.25, 0.3) is 5.65 Å². The number of para-hydroxylation sites is 2. The number of aromatic nitrogens is 3. The molecule has 100 valence electrons. The van der Waals surface area contributed by atoms with E-state index in [9.17, 15) is 0 Å². The monoisotopic (exact) mass is 330 g/mol. The van der Waals surface area contributed by atoms with E-state index >= 15 is 0 Å². The summed E-state index contributed by atoms with van der Waals surface area (Å²) in [4.78, 5) is 0. The molecule has 0 saturated carbocycles. The molecule has 3 aromatic rings. The van der Waals surface area contributed by atoms with Gasteiger partial charge in [0.2, 0.25) is 0 Å². The van der Waals surface area contributed by atoms with Gasteiger partial charge in [-0.25, -0.2) is 0 Å². The normalized spacial score (nSPS) is 17.4. The summed E-state index contributed by atoms with van der Waals surface area (Å²) in [6.07, 6.45) is 1.79. The molecule has 0 radical (unpaired) electrons. The topological polar surface area (TPSA) is 51.5 Å². The zero-order valence-electron chi connectivity index (χ0n) is 10.5. The zero-order chi connectivity index (χ0) is 13.5. The molecular weight excluding hydrogens is 320 g/mol. The second kappa shape index (κ2) is 4.49. The maximum Gasteiger partial charge on any atom is 0.180 e. The average molecular weight is 331 g/mol. The van der Waals surface area contributed by atoms with Gasteiger partial charge in [-0.1, -0.05) is 12.1 Å². The highest BCUT2D eigenvalue weighted by Crippen LogP contribution is 2.33. The molecule has 0 aliphatic carbocycles. The van der Waals surface area contributed by atoms with Gasteiger partial charge in [-0.05, 0) is 40.2 Å². The molecule has 0 spiro atoms. The highest BCUT2D eigenvalue weighted by molar-refractivity contribution is 9.10. The van der Waals surface area contributed by atoms with Crippen molar-refractivity contribution >= 4 is 27.3 Å². The quantitative estimate of drug-likeness (QED) is 0.745. The van der Waals surface area contributed by atoms with Gasteiger partial charge in [0, 0.05) is 10.7 Å². The van der Waals surface area contributed by atoms with Crippen molar-refractivity contribution in [2.75, 3.05) is 11.9 Å². The van der Waals surface area contributed by atoms with E-state index in [-0.39, 0.29) is 6.10 Å². The second-order valence-corrected chi connectivity index (χ2v) is 5.53. The lowest BCUT2D eigenvalue weighted by Crippen LogP contribution is -2.25. The van der Waals surface area contributed by atoms with Crippen LogP contribution in [0.3, 0.4) is 0 Å². The Balaban J connectivity index is 1.76. The van der Waals surface area contributed by atoms with Crippen LogP contribution in [0.5, 0.6) is 5.75 Å². The minimum atomic E-state index is -0.158. The highest BCUT2D eigenvalue weighted by atomic mass is 79.9. The van der Waals surface area contributed by atoms with Crippen LogP contribution in [0.4, 0.5) is 5.69 Å². The molecule has 4 rings (SSSR count). The van der Waals surface area contributed by atoms with Crippen molar-refractivity contribution in [3.8, 4) is 5.75 Å². The van der Waals surface area contributed by atoms with Crippen LogP contribution < -0.4 is 10.1 Å². The van der Waals surface area contributed by atoms with Gasteiger partial charge < -0.3 is 10.1 Å². The van der Waals surface area contributed by atoms with Crippen molar-refractivity contribution in [1.82, 2.24) is 14.6 Å². The minimum Gasteiger partial charge on any atom is -0.478 e. The molecule has 1 aromatic carbocycles. The van der Waals surface area contributed by atoms with Crippen LogP contribution >= 0.6 is 15.9 Å². The lowest BCUT2D eigenvalue weighted by molar-refractivity contribution is 0.199. The molecule has 1 atom stereocenters. The van der Waals surface area contributed by atoms with Crippen LogP contribution in [0, 0.1) is 0 Å². The van der Waals surface area contributed by atoms with Crippen LogP contribution in [0.1, 0.15) is 11.9 Å². The third kappa shape index (κ3) is 1.84. The van der Waals surface area contributed by atoms with Gasteiger partial charge >= 0.3 is 0 Å². The number of anilines is 1. The first-order valence-electron chi connectivity index (χ1n) is 6.31. The molecule has 0 saturated heterocycles. The van der Waals surface area contributed by atoms with Crippen molar-refractivity contribution < 1.29 is 4.74 Å². The Morgan fingerprint density at radius 2 is 2.10 bits per heavy atom. The van der Waals surface area contributed by atoms with E-state index in [1.807, 2.05) is 47.0 Å². The molecule has 5 nitrogen and oxygen atoms in total. The average Bonchev–Trinajstić information content (AvgIpc) is 2.89. The van der Waals surface area contributed by atoms with E-state index in [0.717, 1.165) is 27.4 Å². The Morgan fingerprint density at radius 1 is 1.20 bits per heavy atom.